The third kappa shape index (κ3) is 4.09. The Bertz CT molecular complexity index is 745. The molecule has 0 unspecified atom stereocenters. The Morgan fingerprint density at radius 2 is 1.88 bits per heavy atom. The summed E-state index contributed by atoms with van der Waals surface area (Å²) in [6.45, 7) is 3.86. The standard InChI is InChI=1S/C18H19BrClN3O/c1-22-7-9-23(10-8-22)17-6-5-15(20)12-16(17)21-18(24)13-3-2-4-14(19)11-13/h2-6,11-12H,7-10H2,1H3,(H,21,24). The number of piperazine rings is 1. The van der Waals surface area contributed by atoms with Crippen LogP contribution in [0.1, 0.15) is 10.4 Å². The fourth-order valence-electron chi connectivity index (χ4n) is 2.76. The monoisotopic (exact) mass is 407 g/mol. The molecule has 0 bridgehead atoms. The van der Waals surface area contributed by atoms with E-state index in [0.29, 0.717) is 10.6 Å². The van der Waals surface area contributed by atoms with Crippen molar-refractivity contribution < 1.29 is 4.79 Å². The Kier molecular flexibility index (Phi) is 5.43. The number of likely N-dealkylation sites (N-methyl/N-ethyl adjacent to an activating group) is 1. The van der Waals surface area contributed by atoms with Gasteiger partial charge in [-0.3, -0.25) is 4.79 Å². The SMILES string of the molecule is CN1CCN(c2ccc(Cl)cc2NC(=O)c2cccc(Br)c2)CC1. The second-order valence-electron chi connectivity index (χ2n) is 5.92. The van der Waals surface area contributed by atoms with Gasteiger partial charge < -0.3 is 15.1 Å². The number of benzene rings is 2. The van der Waals surface area contributed by atoms with Crippen LogP contribution in [0.4, 0.5) is 11.4 Å². The van der Waals surface area contributed by atoms with Crippen LogP contribution in [0.15, 0.2) is 46.9 Å². The largest absolute Gasteiger partial charge is 0.367 e. The molecule has 2 aromatic carbocycles. The summed E-state index contributed by atoms with van der Waals surface area (Å²) in [4.78, 5) is 17.1. The van der Waals surface area contributed by atoms with Crippen molar-refractivity contribution in [3.05, 3.63) is 57.5 Å². The lowest BCUT2D eigenvalue weighted by Gasteiger charge is -2.35. The summed E-state index contributed by atoms with van der Waals surface area (Å²) in [6.07, 6.45) is 0. The number of hydrogen-bond donors (Lipinski definition) is 1. The first-order chi connectivity index (χ1) is 11.5. The Morgan fingerprint density at radius 3 is 2.58 bits per heavy atom. The highest BCUT2D eigenvalue weighted by Crippen LogP contribution is 2.30. The number of nitrogens with zero attached hydrogens (tertiary/aromatic N) is 2. The summed E-state index contributed by atoms with van der Waals surface area (Å²) in [5.41, 5.74) is 2.36. The molecule has 1 amide bonds. The van der Waals surface area contributed by atoms with E-state index in [1.807, 2.05) is 30.3 Å². The molecule has 6 heteroatoms. The molecule has 0 spiro atoms. The minimum absolute atomic E-state index is 0.144. The van der Waals surface area contributed by atoms with Crippen LogP contribution in [-0.4, -0.2) is 44.0 Å². The van der Waals surface area contributed by atoms with Gasteiger partial charge in [-0.05, 0) is 43.4 Å². The van der Waals surface area contributed by atoms with Crippen molar-refractivity contribution in [3.63, 3.8) is 0 Å². The van der Waals surface area contributed by atoms with Crippen molar-refractivity contribution in [3.8, 4) is 0 Å². The Balaban J connectivity index is 1.84. The van der Waals surface area contributed by atoms with Gasteiger partial charge in [0.25, 0.3) is 5.91 Å². The summed E-state index contributed by atoms with van der Waals surface area (Å²) < 4.78 is 0.875. The van der Waals surface area contributed by atoms with Gasteiger partial charge in [0.15, 0.2) is 0 Å². The van der Waals surface area contributed by atoms with Crippen molar-refractivity contribution in [1.29, 1.82) is 0 Å². The Hall–Kier alpha value is -1.56. The fraction of sp³-hybridized carbons (Fsp3) is 0.278. The van der Waals surface area contributed by atoms with Crippen LogP contribution in [0.3, 0.4) is 0 Å². The van der Waals surface area contributed by atoms with Crippen LogP contribution in [0.5, 0.6) is 0 Å². The van der Waals surface area contributed by atoms with Crippen molar-refractivity contribution in [2.45, 2.75) is 0 Å². The molecule has 1 N–H and O–H groups in total. The number of carbonyl (C=O) groups excluding carboxylic acids is 1. The van der Waals surface area contributed by atoms with E-state index in [1.54, 1.807) is 12.1 Å². The zero-order valence-corrected chi connectivity index (χ0v) is 15.8. The topological polar surface area (TPSA) is 35.6 Å². The molecule has 1 aliphatic rings. The predicted molar refractivity (Wildman–Crippen MR) is 103 cm³/mol. The number of halogens is 2. The number of rotatable bonds is 3. The van der Waals surface area contributed by atoms with Gasteiger partial charge in [0.1, 0.15) is 0 Å². The molecule has 0 aromatic heterocycles. The van der Waals surface area contributed by atoms with Gasteiger partial charge in [0, 0.05) is 41.2 Å². The van der Waals surface area contributed by atoms with Gasteiger partial charge in [-0.2, -0.15) is 0 Å². The van der Waals surface area contributed by atoms with Gasteiger partial charge in [-0.25, -0.2) is 0 Å². The maximum atomic E-state index is 12.6. The molecule has 1 aliphatic heterocycles. The summed E-state index contributed by atoms with van der Waals surface area (Å²) in [5, 5.41) is 3.61. The number of amides is 1. The van der Waals surface area contributed by atoms with Crippen LogP contribution in [0.2, 0.25) is 5.02 Å². The van der Waals surface area contributed by atoms with E-state index in [2.05, 4.69) is 38.1 Å². The Morgan fingerprint density at radius 1 is 1.12 bits per heavy atom. The molecular formula is C18H19BrClN3O. The highest BCUT2D eigenvalue weighted by Gasteiger charge is 2.18. The predicted octanol–water partition coefficient (Wildman–Crippen LogP) is 4.11. The molecule has 126 valence electrons. The summed E-state index contributed by atoms with van der Waals surface area (Å²) in [5.74, 6) is -0.144. The molecule has 0 saturated carbocycles. The van der Waals surface area contributed by atoms with E-state index >= 15 is 0 Å². The van der Waals surface area contributed by atoms with Crippen molar-refractivity contribution in [1.82, 2.24) is 4.90 Å². The summed E-state index contributed by atoms with van der Waals surface area (Å²) >= 11 is 9.54. The molecule has 1 fully saturated rings. The van der Waals surface area contributed by atoms with Gasteiger partial charge in [-0.15, -0.1) is 0 Å². The number of carbonyl (C=O) groups is 1. The van der Waals surface area contributed by atoms with E-state index in [0.717, 1.165) is 42.0 Å². The molecule has 0 atom stereocenters. The highest BCUT2D eigenvalue weighted by atomic mass is 79.9. The summed E-state index contributed by atoms with van der Waals surface area (Å²) in [7, 11) is 2.12. The van der Waals surface area contributed by atoms with Crippen molar-refractivity contribution in [2.75, 3.05) is 43.4 Å². The normalized spacial score (nSPS) is 15.4. The fourth-order valence-corrected chi connectivity index (χ4v) is 3.33. The lowest BCUT2D eigenvalue weighted by Crippen LogP contribution is -2.44. The minimum Gasteiger partial charge on any atom is -0.367 e. The second-order valence-corrected chi connectivity index (χ2v) is 7.27. The average molecular weight is 409 g/mol. The van der Waals surface area contributed by atoms with Crippen molar-refractivity contribution in [2.24, 2.45) is 0 Å². The smallest absolute Gasteiger partial charge is 0.255 e. The first-order valence-corrected chi connectivity index (χ1v) is 9.00. The number of anilines is 2. The molecule has 1 heterocycles. The lowest BCUT2D eigenvalue weighted by atomic mass is 10.2. The van der Waals surface area contributed by atoms with Crippen LogP contribution < -0.4 is 10.2 Å². The zero-order chi connectivity index (χ0) is 17.1. The second kappa shape index (κ2) is 7.55. The van der Waals surface area contributed by atoms with Crippen LogP contribution >= 0.6 is 27.5 Å². The molecule has 0 radical (unpaired) electrons. The molecule has 3 rings (SSSR count). The molecule has 2 aromatic rings. The zero-order valence-electron chi connectivity index (χ0n) is 13.4. The first-order valence-electron chi connectivity index (χ1n) is 7.83. The minimum atomic E-state index is -0.144. The quantitative estimate of drug-likeness (QED) is 0.830. The van der Waals surface area contributed by atoms with E-state index in [1.165, 1.54) is 0 Å². The molecule has 4 nitrogen and oxygen atoms in total. The maximum Gasteiger partial charge on any atom is 0.255 e. The van der Waals surface area contributed by atoms with E-state index in [4.69, 9.17) is 11.6 Å². The van der Waals surface area contributed by atoms with E-state index in [-0.39, 0.29) is 5.91 Å². The highest BCUT2D eigenvalue weighted by molar-refractivity contribution is 9.10. The molecule has 24 heavy (non-hydrogen) atoms. The van der Waals surface area contributed by atoms with Gasteiger partial charge >= 0.3 is 0 Å². The van der Waals surface area contributed by atoms with E-state index in [9.17, 15) is 4.79 Å². The summed E-state index contributed by atoms with van der Waals surface area (Å²) in [6, 6.07) is 13.0. The van der Waals surface area contributed by atoms with Crippen LogP contribution in [-0.2, 0) is 0 Å². The van der Waals surface area contributed by atoms with Gasteiger partial charge in [0.2, 0.25) is 0 Å². The first kappa shape index (κ1) is 17.3. The molecular weight excluding hydrogens is 390 g/mol. The van der Waals surface area contributed by atoms with Gasteiger partial charge in [-0.1, -0.05) is 33.6 Å². The van der Waals surface area contributed by atoms with Crippen LogP contribution in [0, 0.1) is 0 Å². The molecule has 1 saturated heterocycles. The van der Waals surface area contributed by atoms with E-state index < -0.39 is 0 Å². The number of nitrogens with one attached hydrogen (secondary N) is 1. The lowest BCUT2D eigenvalue weighted by molar-refractivity contribution is 0.102. The third-order valence-corrected chi connectivity index (χ3v) is 4.87. The third-order valence-electron chi connectivity index (χ3n) is 4.14. The molecule has 0 aliphatic carbocycles. The Labute approximate surface area is 155 Å². The number of hydrogen-bond acceptors (Lipinski definition) is 3. The van der Waals surface area contributed by atoms with Crippen molar-refractivity contribution >= 4 is 44.8 Å². The van der Waals surface area contributed by atoms with Crippen LogP contribution in [0.25, 0.3) is 0 Å². The maximum absolute atomic E-state index is 12.6. The van der Waals surface area contributed by atoms with Gasteiger partial charge in [0.05, 0.1) is 11.4 Å². The average Bonchev–Trinajstić information content (AvgIpc) is 2.56.